The lowest BCUT2D eigenvalue weighted by molar-refractivity contribution is -0.0592. The summed E-state index contributed by atoms with van der Waals surface area (Å²) in [5.41, 5.74) is 3.06. The molecular formula is C22H36. The largest absolute Gasteiger partial charge is 0.0816 e. The molecule has 0 aromatic heterocycles. The fourth-order valence-corrected chi connectivity index (χ4v) is 7.46. The topological polar surface area (TPSA) is 0 Å². The van der Waals surface area contributed by atoms with Crippen LogP contribution in [0.5, 0.6) is 0 Å². The zero-order valence-corrected chi connectivity index (χ0v) is 15.5. The van der Waals surface area contributed by atoms with Crippen LogP contribution in [0.3, 0.4) is 0 Å². The van der Waals surface area contributed by atoms with Gasteiger partial charge in [-0.2, -0.15) is 0 Å². The molecule has 0 spiro atoms. The van der Waals surface area contributed by atoms with E-state index in [2.05, 4.69) is 40.7 Å². The van der Waals surface area contributed by atoms with E-state index in [1.165, 1.54) is 44.9 Å². The number of fused-ring (bicyclic) bond motifs is 5. The van der Waals surface area contributed by atoms with Crippen LogP contribution < -0.4 is 0 Å². The van der Waals surface area contributed by atoms with Crippen LogP contribution in [0.15, 0.2) is 11.6 Å². The van der Waals surface area contributed by atoms with Crippen molar-refractivity contribution in [1.29, 1.82) is 0 Å². The second-order valence-electron chi connectivity index (χ2n) is 10.1. The molecule has 4 aliphatic rings. The lowest BCUT2D eigenvalue weighted by Crippen LogP contribution is -2.52. The lowest BCUT2D eigenvalue weighted by atomic mass is 9.45. The Hall–Kier alpha value is -0.260. The molecule has 3 saturated carbocycles. The minimum Gasteiger partial charge on any atom is -0.0816 e. The average molecular weight is 301 g/mol. The van der Waals surface area contributed by atoms with E-state index in [1.54, 1.807) is 0 Å². The van der Waals surface area contributed by atoms with Crippen LogP contribution in [-0.4, -0.2) is 0 Å². The second kappa shape index (κ2) is 4.87. The average Bonchev–Trinajstić information content (AvgIpc) is 2.77. The van der Waals surface area contributed by atoms with E-state index >= 15 is 0 Å². The zero-order valence-electron chi connectivity index (χ0n) is 15.5. The quantitative estimate of drug-likeness (QED) is 0.450. The van der Waals surface area contributed by atoms with E-state index in [0.717, 1.165) is 35.5 Å². The first kappa shape index (κ1) is 15.3. The van der Waals surface area contributed by atoms with Gasteiger partial charge in [-0.1, -0.05) is 46.3 Å². The summed E-state index contributed by atoms with van der Waals surface area (Å²) in [5, 5.41) is 0. The van der Waals surface area contributed by atoms with Crippen LogP contribution in [0.1, 0.15) is 79.6 Å². The number of allylic oxidation sites excluding steroid dienone is 2. The van der Waals surface area contributed by atoms with Crippen LogP contribution in [0, 0.1) is 46.3 Å². The molecule has 3 fully saturated rings. The molecule has 4 rings (SSSR count). The van der Waals surface area contributed by atoms with Crippen molar-refractivity contribution < 1.29 is 0 Å². The summed E-state index contributed by atoms with van der Waals surface area (Å²) in [5.74, 6) is 5.67. The number of rotatable bonds is 0. The Morgan fingerprint density at radius 2 is 1.68 bits per heavy atom. The molecule has 0 amide bonds. The van der Waals surface area contributed by atoms with Gasteiger partial charge in [-0.3, -0.25) is 0 Å². The molecule has 22 heavy (non-hydrogen) atoms. The Kier molecular flexibility index (Phi) is 3.38. The highest BCUT2D eigenvalue weighted by molar-refractivity contribution is 5.26. The van der Waals surface area contributed by atoms with Gasteiger partial charge < -0.3 is 0 Å². The van der Waals surface area contributed by atoms with Crippen molar-refractivity contribution in [3.05, 3.63) is 11.6 Å². The van der Waals surface area contributed by atoms with Gasteiger partial charge in [-0.15, -0.1) is 0 Å². The Bertz CT molecular complexity index is 488. The van der Waals surface area contributed by atoms with Crippen molar-refractivity contribution >= 4 is 0 Å². The summed E-state index contributed by atoms with van der Waals surface area (Å²) >= 11 is 0. The van der Waals surface area contributed by atoms with Gasteiger partial charge in [-0.25, -0.2) is 0 Å². The molecule has 0 aliphatic heterocycles. The summed E-state index contributed by atoms with van der Waals surface area (Å²) in [6.45, 7) is 12.9. The maximum Gasteiger partial charge on any atom is -0.00849 e. The van der Waals surface area contributed by atoms with E-state index in [9.17, 15) is 0 Å². The first-order chi connectivity index (χ1) is 10.4. The Morgan fingerprint density at radius 1 is 0.909 bits per heavy atom. The van der Waals surface area contributed by atoms with Crippen molar-refractivity contribution in [2.24, 2.45) is 46.3 Å². The first-order valence-electron chi connectivity index (χ1n) is 10.1. The standard InChI is InChI=1S/C22H36/c1-14-8-10-22(5)17(12-14)13-15(2)20-18-7-6-16(3)21(18,4)11-9-19(20)22/h13-16,18-20H,6-12H2,1-5H3/t14?,15?,16-,18?,19?,20?,21+,22-/m0/s1. The molecule has 8 atom stereocenters. The fourth-order valence-electron chi connectivity index (χ4n) is 7.46. The highest BCUT2D eigenvalue weighted by Crippen LogP contribution is 2.67. The monoisotopic (exact) mass is 300 g/mol. The van der Waals surface area contributed by atoms with Crippen LogP contribution in [0.2, 0.25) is 0 Å². The number of hydrogen-bond acceptors (Lipinski definition) is 0. The predicted molar refractivity (Wildman–Crippen MR) is 94.6 cm³/mol. The van der Waals surface area contributed by atoms with Gasteiger partial charge >= 0.3 is 0 Å². The summed E-state index contributed by atoms with van der Waals surface area (Å²) in [6.07, 6.45) is 13.1. The van der Waals surface area contributed by atoms with Crippen molar-refractivity contribution in [3.8, 4) is 0 Å². The van der Waals surface area contributed by atoms with E-state index < -0.39 is 0 Å². The Balaban J connectivity index is 1.73. The first-order valence-corrected chi connectivity index (χ1v) is 10.1. The smallest absolute Gasteiger partial charge is 0.00849 e. The van der Waals surface area contributed by atoms with Gasteiger partial charge in [0, 0.05) is 0 Å². The molecule has 0 bridgehead atoms. The van der Waals surface area contributed by atoms with Crippen molar-refractivity contribution in [1.82, 2.24) is 0 Å². The van der Waals surface area contributed by atoms with Crippen LogP contribution >= 0.6 is 0 Å². The third kappa shape index (κ3) is 1.88. The Morgan fingerprint density at radius 3 is 2.45 bits per heavy atom. The molecule has 0 aromatic carbocycles. The minimum atomic E-state index is 0.552. The fraction of sp³-hybridized carbons (Fsp3) is 0.909. The SMILES string of the molecule is CC1CC[C@@]2(C)C(=CC(C)C3C2CC[C@@]2(C)C3CC[C@@H]2C)C1. The van der Waals surface area contributed by atoms with E-state index in [4.69, 9.17) is 0 Å². The molecule has 5 unspecified atom stereocenters. The summed E-state index contributed by atoms with van der Waals surface area (Å²) in [6, 6.07) is 0. The highest BCUT2D eigenvalue weighted by atomic mass is 14.6. The van der Waals surface area contributed by atoms with Gasteiger partial charge in [0.25, 0.3) is 0 Å². The van der Waals surface area contributed by atoms with Gasteiger partial charge in [-0.05, 0) is 91.3 Å². The lowest BCUT2D eigenvalue weighted by Gasteiger charge is -2.59. The highest BCUT2D eigenvalue weighted by Gasteiger charge is 2.58. The molecule has 0 heteroatoms. The van der Waals surface area contributed by atoms with Crippen molar-refractivity contribution in [2.75, 3.05) is 0 Å². The summed E-state index contributed by atoms with van der Waals surface area (Å²) in [4.78, 5) is 0. The van der Waals surface area contributed by atoms with E-state index in [1.807, 2.05) is 5.57 Å². The molecule has 0 N–H and O–H groups in total. The number of hydrogen-bond donors (Lipinski definition) is 0. The predicted octanol–water partition coefficient (Wildman–Crippen LogP) is 6.47. The summed E-state index contributed by atoms with van der Waals surface area (Å²) < 4.78 is 0. The minimum absolute atomic E-state index is 0.552. The molecule has 124 valence electrons. The van der Waals surface area contributed by atoms with E-state index in [-0.39, 0.29) is 0 Å². The van der Waals surface area contributed by atoms with Crippen LogP contribution in [0.4, 0.5) is 0 Å². The van der Waals surface area contributed by atoms with Gasteiger partial charge in [0.15, 0.2) is 0 Å². The molecule has 4 aliphatic carbocycles. The van der Waals surface area contributed by atoms with Crippen LogP contribution in [-0.2, 0) is 0 Å². The second-order valence-corrected chi connectivity index (χ2v) is 10.1. The third-order valence-electron chi connectivity index (χ3n) is 9.15. The molecular weight excluding hydrogens is 264 g/mol. The van der Waals surface area contributed by atoms with Gasteiger partial charge in [0.1, 0.15) is 0 Å². The summed E-state index contributed by atoms with van der Waals surface area (Å²) in [7, 11) is 0. The third-order valence-corrected chi connectivity index (χ3v) is 9.15. The van der Waals surface area contributed by atoms with E-state index in [0.29, 0.717) is 10.8 Å². The Labute approximate surface area is 138 Å². The van der Waals surface area contributed by atoms with Crippen molar-refractivity contribution in [2.45, 2.75) is 79.6 Å². The van der Waals surface area contributed by atoms with Crippen LogP contribution in [0.25, 0.3) is 0 Å². The normalized spacial score (nSPS) is 57.6. The molecule has 0 aromatic rings. The van der Waals surface area contributed by atoms with Gasteiger partial charge in [0.05, 0.1) is 0 Å². The maximum absolute atomic E-state index is 2.76. The van der Waals surface area contributed by atoms with Crippen molar-refractivity contribution in [3.63, 3.8) is 0 Å². The maximum atomic E-state index is 2.76. The zero-order chi connectivity index (χ0) is 15.7. The molecule has 0 nitrogen and oxygen atoms in total. The molecule has 0 radical (unpaired) electrons. The van der Waals surface area contributed by atoms with Gasteiger partial charge in [0.2, 0.25) is 0 Å². The molecule has 0 heterocycles. The molecule has 0 saturated heterocycles.